The largest absolute Gasteiger partial charge is 0.504 e. The summed E-state index contributed by atoms with van der Waals surface area (Å²) in [6.07, 6.45) is 0. The summed E-state index contributed by atoms with van der Waals surface area (Å²) >= 11 is 9.44. The van der Waals surface area contributed by atoms with E-state index in [0.29, 0.717) is 45.7 Å². The Morgan fingerprint density at radius 1 is 1.33 bits per heavy atom. The third-order valence-corrected chi connectivity index (χ3v) is 4.01. The lowest BCUT2D eigenvalue weighted by Gasteiger charge is -2.10. The molecule has 0 radical (unpaired) electrons. The second kappa shape index (κ2) is 7.06. The summed E-state index contributed by atoms with van der Waals surface area (Å²) in [6.45, 7) is 2.61. The number of phenolic OH excluding ortho intramolecular Hbond substituents is 1. The van der Waals surface area contributed by atoms with Crippen molar-refractivity contribution in [3.8, 4) is 22.9 Å². The monoisotopic (exact) mass is 372 g/mol. The van der Waals surface area contributed by atoms with Crippen LogP contribution in [-0.2, 0) is 11.3 Å². The lowest BCUT2D eigenvalue weighted by atomic mass is 10.2. The summed E-state index contributed by atoms with van der Waals surface area (Å²) in [5.74, 6) is 0.892. The van der Waals surface area contributed by atoms with Gasteiger partial charge in [0, 0.05) is 12.7 Å². The van der Waals surface area contributed by atoms with Crippen LogP contribution in [0.4, 0.5) is 0 Å². The first-order valence-electron chi connectivity index (χ1n) is 6.23. The van der Waals surface area contributed by atoms with Crippen molar-refractivity contribution in [3.63, 3.8) is 0 Å². The summed E-state index contributed by atoms with van der Waals surface area (Å²) in [6, 6.07) is 4.92. The van der Waals surface area contributed by atoms with Crippen LogP contribution in [0, 0.1) is 0 Å². The zero-order chi connectivity index (χ0) is 15.4. The van der Waals surface area contributed by atoms with E-state index in [4.69, 9.17) is 21.1 Å². The number of aromatic nitrogens is 2. The van der Waals surface area contributed by atoms with Gasteiger partial charge >= 0.3 is 0 Å². The zero-order valence-corrected chi connectivity index (χ0v) is 13.9. The Morgan fingerprint density at radius 2 is 2.10 bits per heavy atom. The molecule has 2 rings (SSSR count). The number of ether oxygens (including phenoxy) is 2. The van der Waals surface area contributed by atoms with Crippen LogP contribution in [0.1, 0.15) is 12.6 Å². The number of phenols is 1. The van der Waals surface area contributed by atoms with Crippen molar-refractivity contribution in [2.75, 3.05) is 13.7 Å². The molecule has 0 atom stereocenters. The van der Waals surface area contributed by atoms with Crippen LogP contribution in [0.5, 0.6) is 11.5 Å². The van der Waals surface area contributed by atoms with Crippen molar-refractivity contribution >= 4 is 27.5 Å². The highest BCUT2D eigenvalue weighted by Crippen LogP contribution is 2.32. The highest BCUT2D eigenvalue weighted by Gasteiger charge is 2.13. The Morgan fingerprint density at radius 3 is 2.76 bits per heavy atom. The van der Waals surface area contributed by atoms with Gasteiger partial charge in [0.05, 0.1) is 23.4 Å². The van der Waals surface area contributed by atoms with Crippen molar-refractivity contribution in [3.05, 3.63) is 33.5 Å². The van der Waals surface area contributed by atoms with E-state index in [2.05, 4.69) is 25.9 Å². The Hall–Kier alpha value is -1.37. The second-order valence-corrected chi connectivity index (χ2v) is 5.30. The highest BCUT2D eigenvalue weighted by atomic mass is 79.9. The molecule has 0 aliphatic heterocycles. The van der Waals surface area contributed by atoms with Gasteiger partial charge in [0.15, 0.2) is 17.3 Å². The van der Waals surface area contributed by atoms with E-state index in [1.54, 1.807) is 19.2 Å². The summed E-state index contributed by atoms with van der Waals surface area (Å²) in [4.78, 5) is 8.65. The molecular weight excluding hydrogens is 360 g/mol. The number of hydrogen-bond donors (Lipinski definition) is 1. The number of hydrogen-bond acceptors (Lipinski definition) is 5. The maximum atomic E-state index is 9.73. The SMILES string of the molecule is CCOc1cc(-c2nc(Cl)c(Br)c(COC)n2)ccc1O. The number of benzene rings is 1. The predicted molar refractivity (Wildman–Crippen MR) is 83.7 cm³/mol. The molecule has 0 aliphatic carbocycles. The number of halogens is 2. The van der Waals surface area contributed by atoms with Gasteiger partial charge in [-0.2, -0.15) is 0 Å². The first-order valence-corrected chi connectivity index (χ1v) is 7.41. The van der Waals surface area contributed by atoms with E-state index in [1.165, 1.54) is 6.07 Å². The topological polar surface area (TPSA) is 64.5 Å². The summed E-state index contributed by atoms with van der Waals surface area (Å²) in [5.41, 5.74) is 1.35. The molecule has 0 amide bonds. The number of rotatable bonds is 5. The molecule has 2 aromatic rings. The molecule has 0 aliphatic rings. The Bertz CT molecular complexity index is 652. The molecule has 112 valence electrons. The molecule has 1 aromatic heterocycles. The van der Waals surface area contributed by atoms with Gasteiger partial charge < -0.3 is 14.6 Å². The molecule has 0 spiro atoms. The number of aromatic hydroxyl groups is 1. The van der Waals surface area contributed by atoms with E-state index in [9.17, 15) is 5.11 Å². The maximum Gasteiger partial charge on any atom is 0.161 e. The number of nitrogens with zero attached hydrogens (tertiary/aromatic N) is 2. The van der Waals surface area contributed by atoms with Crippen LogP contribution in [0.2, 0.25) is 5.15 Å². The van der Waals surface area contributed by atoms with Crippen LogP contribution >= 0.6 is 27.5 Å². The van der Waals surface area contributed by atoms with Crippen LogP contribution in [0.3, 0.4) is 0 Å². The van der Waals surface area contributed by atoms with E-state index < -0.39 is 0 Å². The molecular formula is C14H14BrClN2O3. The molecule has 1 heterocycles. The Labute approximate surface area is 136 Å². The molecule has 0 saturated heterocycles. The fourth-order valence-electron chi connectivity index (χ4n) is 1.75. The average Bonchev–Trinajstić information content (AvgIpc) is 2.46. The van der Waals surface area contributed by atoms with Crippen molar-refractivity contribution in [1.29, 1.82) is 0 Å². The standard InChI is InChI=1S/C14H14BrClN2O3/c1-3-21-11-6-8(4-5-10(11)19)14-17-9(7-20-2)12(15)13(16)18-14/h4-6,19H,3,7H2,1-2H3. The maximum absolute atomic E-state index is 9.73. The number of methoxy groups -OCH3 is 1. The smallest absolute Gasteiger partial charge is 0.161 e. The Balaban J connectivity index is 2.48. The van der Waals surface area contributed by atoms with Gasteiger partial charge in [-0.3, -0.25) is 0 Å². The first kappa shape index (κ1) is 16.0. The molecule has 0 bridgehead atoms. The lowest BCUT2D eigenvalue weighted by Crippen LogP contribution is -2.00. The normalized spacial score (nSPS) is 10.7. The van der Waals surface area contributed by atoms with Crippen LogP contribution in [-0.4, -0.2) is 28.8 Å². The first-order chi connectivity index (χ1) is 10.1. The Kier molecular flexibility index (Phi) is 5.39. The molecule has 0 fully saturated rings. The summed E-state index contributed by atoms with van der Waals surface area (Å²) in [5, 5.41) is 10.0. The van der Waals surface area contributed by atoms with Gasteiger partial charge in [-0.25, -0.2) is 9.97 Å². The molecule has 1 aromatic carbocycles. The molecule has 5 nitrogen and oxygen atoms in total. The van der Waals surface area contributed by atoms with E-state index >= 15 is 0 Å². The minimum Gasteiger partial charge on any atom is -0.504 e. The molecule has 7 heteroatoms. The molecule has 1 N–H and O–H groups in total. The van der Waals surface area contributed by atoms with Crippen molar-refractivity contribution in [2.24, 2.45) is 0 Å². The van der Waals surface area contributed by atoms with Gasteiger partial charge in [0.25, 0.3) is 0 Å². The fourth-order valence-corrected chi connectivity index (χ4v) is 2.23. The summed E-state index contributed by atoms with van der Waals surface area (Å²) < 4.78 is 11.1. The zero-order valence-electron chi connectivity index (χ0n) is 11.6. The molecule has 0 unspecified atom stereocenters. The van der Waals surface area contributed by atoms with Crippen LogP contribution in [0.15, 0.2) is 22.7 Å². The molecule has 0 saturated carbocycles. The van der Waals surface area contributed by atoms with Crippen molar-refractivity contribution < 1.29 is 14.6 Å². The quantitative estimate of drug-likeness (QED) is 0.807. The fraction of sp³-hybridized carbons (Fsp3) is 0.286. The lowest BCUT2D eigenvalue weighted by molar-refractivity contribution is 0.181. The van der Waals surface area contributed by atoms with E-state index in [1.807, 2.05) is 6.92 Å². The van der Waals surface area contributed by atoms with Crippen molar-refractivity contribution in [1.82, 2.24) is 9.97 Å². The van der Waals surface area contributed by atoms with Gasteiger partial charge in [0.1, 0.15) is 5.15 Å². The van der Waals surface area contributed by atoms with Crippen molar-refractivity contribution in [2.45, 2.75) is 13.5 Å². The van der Waals surface area contributed by atoms with E-state index in [0.717, 1.165) is 0 Å². The van der Waals surface area contributed by atoms with Gasteiger partial charge in [0.2, 0.25) is 0 Å². The predicted octanol–water partition coefficient (Wildman–Crippen LogP) is 3.81. The van der Waals surface area contributed by atoms with Gasteiger partial charge in [-0.15, -0.1) is 0 Å². The average molecular weight is 374 g/mol. The second-order valence-electron chi connectivity index (χ2n) is 4.15. The van der Waals surface area contributed by atoms with E-state index in [-0.39, 0.29) is 5.75 Å². The summed E-state index contributed by atoms with van der Waals surface area (Å²) in [7, 11) is 1.58. The minimum absolute atomic E-state index is 0.0703. The third-order valence-electron chi connectivity index (χ3n) is 2.68. The minimum atomic E-state index is 0.0703. The van der Waals surface area contributed by atoms with Gasteiger partial charge in [-0.05, 0) is 41.1 Å². The molecule has 21 heavy (non-hydrogen) atoms. The van der Waals surface area contributed by atoms with Crippen LogP contribution in [0.25, 0.3) is 11.4 Å². The third kappa shape index (κ3) is 3.64. The van der Waals surface area contributed by atoms with Crippen LogP contribution < -0.4 is 4.74 Å². The van der Waals surface area contributed by atoms with Gasteiger partial charge in [-0.1, -0.05) is 11.6 Å². The highest BCUT2D eigenvalue weighted by molar-refractivity contribution is 9.10.